The van der Waals surface area contributed by atoms with Crippen LogP contribution >= 0.6 is 35.3 Å². The largest absolute Gasteiger partial charge is 0.356 e. The van der Waals surface area contributed by atoms with Gasteiger partial charge < -0.3 is 15.5 Å². The molecular weight excluding hydrogens is 421 g/mol. The molecule has 0 radical (unpaired) electrons. The summed E-state index contributed by atoms with van der Waals surface area (Å²) in [5.74, 6) is 1.67. The molecule has 1 aliphatic heterocycles. The molecular formula is C16H30IN5S. The van der Waals surface area contributed by atoms with E-state index in [1.165, 1.54) is 35.8 Å². The number of aromatic nitrogens is 1. The van der Waals surface area contributed by atoms with Gasteiger partial charge in [-0.15, -0.1) is 35.3 Å². The number of likely N-dealkylation sites (tertiary alicyclic amines) is 1. The summed E-state index contributed by atoms with van der Waals surface area (Å²) in [7, 11) is 4.04. The van der Waals surface area contributed by atoms with Gasteiger partial charge in [0.2, 0.25) is 0 Å². The molecule has 2 N–H and O–H groups in total. The van der Waals surface area contributed by atoms with Gasteiger partial charge in [-0.05, 0) is 52.7 Å². The third-order valence-corrected chi connectivity index (χ3v) is 5.46. The molecule has 0 amide bonds. The highest BCUT2D eigenvalue weighted by Gasteiger charge is 2.16. The molecule has 2 heterocycles. The van der Waals surface area contributed by atoms with Crippen molar-refractivity contribution in [2.75, 3.05) is 40.3 Å². The number of guanidine groups is 1. The monoisotopic (exact) mass is 451 g/mol. The van der Waals surface area contributed by atoms with E-state index in [2.05, 4.69) is 46.4 Å². The zero-order valence-corrected chi connectivity index (χ0v) is 17.8. The molecule has 2 rings (SSSR count). The Morgan fingerprint density at radius 2 is 2.00 bits per heavy atom. The van der Waals surface area contributed by atoms with Crippen LogP contribution in [0, 0.1) is 19.8 Å². The normalized spacial score (nSPS) is 17.0. The zero-order valence-electron chi connectivity index (χ0n) is 14.7. The van der Waals surface area contributed by atoms with Crippen LogP contribution in [0.25, 0.3) is 0 Å². The first-order chi connectivity index (χ1) is 10.6. The van der Waals surface area contributed by atoms with Gasteiger partial charge in [0.15, 0.2) is 5.96 Å². The van der Waals surface area contributed by atoms with Gasteiger partial charge in [0.05, 0.1) is 10.7 Å². The van der Waals surface area contributed by atoms with Crippen molar-refractivity contribution in [2.45, 2.75) is 33.1 Å². The van der Waals surface area contributed by atoms with E-state index in [-0.39, 0.29) is 24.0 Å². The summed E-state index contributed by atoms with van der Waals surface area (Å²) in [5.41, 5.74) is 1.16. The van der Waals surface area contributed by atoms with Crippen molar-refractivity contribution in [2.24, 2.45) is 10.9 Å². The van der Waals surface area contributed by atoms with Crippen molar-refractivity contribution in [1.29, 1.82) is 0 Å². The Hall–Kier alpha value is -0.410. The number of nitrogens with zero attached hydrogens (tertiary/aromatic N) is 3. The van der Waals surface area contributed by atoms with Gasteiger partial charge in [-0.25, -0.2) is 4.98 Å². The predicted molar refractivity (Wildman–Crippen MR) is 110 cm³/mol. The van der Waals surface area contributed by atoms with Crippen LogP contribution in [0.1, 0.15) is 28.4 Å². The van der Waals surface area contributed by atoms with E-state index in [9.17, 15) is 0 Å². The molecule has 0 atom stereocenters. The van der Waals surface area contributed by atoms with Gasteiger partial charge in [-0.2, -0.15) is 0 Å². The first kappa shape index (κ1) is 20.6. The standard InChI is InChI=1S/C16H29N5S.HI/c1-12-13(2)22-15(20-12)5-8-18-16(17-3)19-11-14-6-9-21(4)10-7-14;/h14H,5-11H2,1-4H3,(H2,17,18,19);1H. The molecule has 0 aliphatic carbocycles. The zero-order chi connectivity index (χ0) is 15.9. The van der Waals surface area contributed by atoms with Gasteiger partial charge in [-0.3, -0.25) is 4.99 Å². The van der Waals surface area contributed by atoms with Gasteiger partial charge in [-0.1, -0.05) is 0 Å². The van der Waals surface area contributed by atoms with E-state index in [1.54, 1.807) is 11.3 Å². The Labute approximate surface area is 161 Å². The summed E-state index contributed by atoms with van der Waals surface area (Å²) >= 11 is 1.79. The Balaban J connectivity index is 0.00000264. The molecule has 1 fully saturated rings. The number of thiazole rings is 1. The SMILES string of the molecule is CN=C(NCCc1nc(C)c(C)s1)NCC1CCN(C)CC1.I. The van der Waals surface area contributed by atoms with Crippen molar-refractivity contribution in [3.05, 3.63) is 15.6 Å². The van der Waals surface area contributed by atoms with Crippen LogP contribution in [0.3, 0.4) is 0 Å². The summed E-state index contributed by atoms with van der Waals surface area (Å²) in [6.45, 7) is 8.52. The Kier molecular flexibility index (Phi) is 9.38. The number of halogens is 1. The Morgan fingerprint density at radius 1 is 1.30 bits per heavy atom. The van der Waals surface area contributed by atoms with Crippen LogP contribution in [0.4, 0.5) is 0 Å². The minimum Gasteiger partial charge on any atom is -0.356 e. The molecule has 0 unspecified atom stereocenters. The number of aryl methyl sites for hydroxylation is 2. The lowest BCUT2D eigenvalue weighted by molar-refractivity contribution is 0.220. The molecule has 1 aromatic heterocycles. The maximum atomic E-state index is 4.57. The summed E-state index contributed by atoms with van der Waals surface area (Å²) in [6, 6.07) is 0. The molecule has 0 aromatic carbocycles. The number of hydrogen-bond acceptors (Lipinski definition) is 4. The molecule has 7 heteroatoms. The highest BCUT2D eigenvalue weighted by Crippen LogP contribution is 2.16. The number of nitrogens with one attached hydrogen (secondary N) is 2. The lowest BCUT2D eigenvalue weighted by atomic mass is 9.97. The molecule has 1 saturated heterocycles. The molecule has 0 saturated carbocycles. The summed E-state index contributed by atoms with van der Waals surface area (Å²) < 4.78 is 0. The van der Waals surface area contributed by atoms with E-state index in [4.69, 9.17) is 0 Å². The Bertz CT molecular complexity index is 475. The average Bonchev–Trinajstić information content (AvgIpc) is 2.83. The van der Waals surface area contributed by atoms with E-state index in [0.717, 1.165) is 37.1 Å². The molecule has 23 heavy (non-hydrogen) atoms. The van der Waals surface area contributed by atoms with Gasteiger partial charge in [0.25, 0.3) is 0 Å². The van der Waals surface area contributed by atoms with Crippen LogP contribution in [-0.2, 0) is 6.42 Å². The number of rotatable bonds is 5. The van der Waals surface area contributed by atoms with Crippen molar-refractivity contribution < 1.29 is 0 Å². The molecule has 0 bridgehead atoms. The first-order valence-corrected chi connectivity index (χ1v) is 8.96. The maximum Gasteiger partial charge on any atom is 0.190 e. The van der Waals surface area contributed by atoms with Crippen molar-refractivity contribution in [3.63, 3.8) is 0 Å². The fraction of sp³-hybridized carbons (Fsp3) is 0.750. The predicted octanol–water partition coefficient (Wildman–Crippen LogP) is 2.43. The third-order valence-electron chi connectivity index (χ3n) is 4.32. The average molecular weight is 451 g/mol. The van der Waals surface area contributed by atoms with Crippen molar-refractivity contribution in [3.8, 4) is 0 Å². The number of hydrogen-bond donors (Lipinski definition) is 2. The lowest BCUT2D eigenvalue weighted by Crippen LogP contribution is -2.42. The van der Waals surface area contributed by atoms with Crippen LogP contribution in [-0.4, -0.2) is 56.1 Å². The van der Waals surface area contributed by atoms with Crippen LogP contribution < -0.4 is 10.6 Å². The van der Waals surface area contributed by atoms with E-state index < -0.39 is 0 Å². The van der Waals surface area contributed by atoms with Crippen LogP contribution in [0.5, 0.6) is 0 Å². The van der Waals surface area contributed by atoms with Gasteiger partial charge >= 0.3 is 0 Å². The van der Waals surface area contributed by atoms with E-state index in [1.807, 2.05) is 7.05 Å². The summed E-state index contributed by atoms with van der Waals surface area (Å²) in [6.07, 6.45) is 3.50. The second-order valence-corrected chi connectivity index (χ2v) is 7.41. The molecule has 1 aromatic rings. The smallest absolute Gasteiger partial charge is 0.190 e. The third kappa shape index (κ3) is 6.93. The molecule has 0 spiro atoms. The topological polar surface area (TPSA) is 52.6 Å². The quantitative estimate of drug-likeness (QED) is 0.410. The summed E-state index contributed by atoms with van der Waals surface area (Å²) in [5, 5.41) is 8.05. The minimum atomic E-state index is 0. The first-order valence-electron chi connectivity index (χ1n) is 8.14. The fourth-order valence-corrected chi connectivity index (χ4v) is 3.60. The summed E-state index contributed by atoms with van der Waals surface area (Å²) in [4.78, 5) is 12.6. The van der Waals surface area contributed by atoms with Crippen LogP contribution in [0.15, 0.2) is 4.99 Å². The number of aliphatic imine (C=N–C) groups is 1. The molecule has 5 nitrogen and oxygen atoms in total. The lowest BCUT2D eigenvalue weighted by Gasteiger charge is -2.29. The van der Waals surface area contributed by atoms with E-state index in [0.29, 0.717) is 0 Å². The number of piperidine rings is 1. The fourth-order valence-electron chi connectivity index (χ4n) is 2.66. The van der Waals surface area contributed by atoms with Gasteiger partial charge in [0.1, 0.15) is 0 Å². The maximum absolute atomic E-state index is 4.57. The van der Waals surface area contributed by atoms with E-state index >= 15 is 0 Å². The molecule has 1 aliphatic rings. The van der Waals surface area contributed by atoms with Gasteiger partial charge in [0, 0.05) is 31.4 Å². The second kappa shape index (κ2) is 10.5. The Morgan fingerprint density at radius 3 is 2.57 bits per heavy atom. The highest BCUT2D eigenvalue weighted by atomic mass is 127. The molecule has 132 valence electrons. The minimum absolute atomic E-state index is 0. The second-order valence-electron chi connectivity index (χ2n) is 6.13. The van der Waals surface area contributed by atoms with Crippen molar-refractivity contribution in [1.82, 2.24) is 20.5 Å². The van der Waals surface area contributed by atoms with Crippen molar-refractivity contribution >= 4 is 41.3 Å². The van der Waals surface area contributed by atoms with Crippen LogP contribution in [0.2, 0.25) is 0 Å². The highest BCUT2D eigenvalue weighted by molar-refractivity contribution is 14.0.